The van der Waals surface area contributed by atoms with Crippen LogP contribution in [0.2, 0.25) is 0 Å². The fourth-order valence-electron chi connectivity index (χ4n) is 1.53. The van der Waals surface area contributed by atoms with Gasteiger partial charge in [-0.1, -0.05) is 0 Å². The molecule has 0 amide bonds. The van der Waals surface area contributed by atoms with Crippen molar-refractivity contribution in [3.63, 3.8) is 0 Å². The lowest BCUT2D eigenvalue weighted by molar-refractivity contribution is -0.384. The number of nitro groups is 1. The van der Waals surface area contributed by atoms with Gasteiger partial charge in [-0.2, -0.15) is 0 Å². The number of hydrogen-bond donors (Lipinski definition) is 1. The second-order valence-electron chi connectivity index (χ2n) is 3.78. The monoisotopic (exact) mass is 278 g/mol. The Morgan fingerprint density at radius 1 is 1.37 bits per heavy atom. The maximum absolute atomic E-state index is 10.6. The van der Waals surface area contributed by atoms with Crippen LogP contribution in [-0.4, -0.2) is 26.7 Å². The molecule has 0 spiro atoms. The number of carboxylic acid groups (broad SMARTS) is 1. The molecule has 0 saturated carbocycles. The van der Waals surface area contributed by atoms with Crippen LogP contribution in [0.15, 0.2) is 35.4 Å². The van der Waals surface area contributed by atoms with E-state index in [2.05, 4.69) is 4.98 Å². The lowest BCUT2D eigenvalue weighted by Gasteiger charge is -2.02. The molecule has 2 rings (SSSR count). The molecular formula is C12H10N2O4S. The number of carbonyl (C=O) groups is 1. The van der Waals surface area contributed by atoms with Gasteiger partial charge in [0.2, 0.25) is 0 Å². The quantitative estimate of drug-likeness (QED) is 0.513. The van der Waals surface area contributed by atoms with Crippen molar-refractivity contribution < 1.29 is 14.8 Å². The largest absolute Gasteiger partial charge is 0.481 e. The van der Waals surface area contributed by atoms with Gasteiger partial charge in [0, 0.05) is 23.3 Å². The molecule has 0 aliphatic heterocycles. The Morgan fingerprint density at radius 2 is 2.16 bits per heavy atom. The number of fused-ring (bicyclic) bond motifs is 1. The predicted octanol–water partition coefficient (Wildman–Crippen LogP) is 2.71. The molecular weight excluding hydrogens is 268 g/mol. The zero-order valence-electron chi connectivity index (χ0n) is 9.78. The molecule has 1 N–H and O–H groups in total. The molecule has 1 aromatic heterocycles. The number of nitro benzene ring substituents is 1. The summed E-state index contributed by atoms with van der Waals surface area (Å²) < 4.78 is 0. The van der Waals surface area contributed by atoms with Crippen LogP contribution in [0.3, 0.4) is 0 Å². The first-order valence-corrected chi connectivity index (χ1v) is 6.44. The van der Waals surface area contributed by atoms with Crippen LogP contribution >= 0.6 is 11.8 Å². The number of pyridine rings is 1. The molecule has 0 atom stereocenters. The first-order chi connectivity index (χ1) is 9.06. The summed E-state index contributed by atoms with van der Waals surface area (Å²) in [4.78, 5) is 24.9. The van der Waals surface area contributed by atoms with Crippen LogP contribution in [0.25, 0.3) is 10.9 Å². The summed E-state index contributed by atoms with van der Waals surface area (Å²) in [5, 5.41) is 20.6. The molecule has 0 unspecified atom stereocenters. The van der Waals surface area contributed by atoms with Gasteiger partial charge in [0.1, 0.15) is 0 Å². The highest BCUT2D eigenvalue weighted by molar-refractivity contribution is 7.99. The van der Waals surface area contributed by atoms with E-state index in [1.165, 1.54) is 23.9 Å². The lowest BCUT2D eigenvalue weighted by atomic mass is 10.2. The molecule has 98 valence electrons. The van der Waals surface area contributed by atoms with Crippen molar-refractivity contribution >= 4 is 34.3 Å². The van der Waals surface area contributed by atoms with E-state index in [9.17, 15) is 14.9 Å². The summed E-state index contributed by atoms with van der Waals surface area (Å²) in [6.45, 7) is 0. The summed E-state index contributed by atoms with van der Waals surface area (Å²) in [6.07, 6.45) is 0.0741. The lowest BCUT2D eigenvalue weighted by Crippen LogP contribution is -1.96. The van der Waals surface area contributed by atoms with Gasteiger partial charge < -0.3 is 5.11 Å². The Morgan fingerprint density at radius 3 is 2.84 bits per heavy atom. The van der Waals surface area contributed by atoms with Gasteiger partial charge in [0.25, 0.3) is 5.69 Å². The fourth-order valence-corrected chi connectivity index (χ4v) is 2.34. The van der Waals surface area contributed by atoms with Crippen LogP contribution in [0.1, 0.15) is 6.42 Å². The molecule has 1 heterocycles. The van der Waals surface area contributed by atoms with Crippen LogP contribution in [0.4, 0.5) is 5.69 Å². The Kier molecular flexibility index (Phi) is 3.96. The van der Waals surface area contributed by atoms with Crippen molar-refractivity contribution in [3.8, 4) is 0 Å². The molecule has 0 fully saturated rings. The summed E-state index contributed by atoms with van der Waals surface area (Å²) in [7, 11) is 0. The van der Waals surface area contributed by atoms with Crippen molar-refractivity contribution in [1.29, 1.82) is 0 Å². The van der Waals surface area contributed by atoms with Gasteiger partial charge >= 0.3 is 5.97 Å². The minimum Gasteiger partial charge on any atom is -0.481 e. The third-order valence-electron chi connectivity index (χ3n) is 2.42. The first-order valence-electron chi connectivity index (χ1n) is 5.46. The third kappa shape index (κ3) is 3.41. The maximum atomic E-state index is 10.6. The second kappa shape index (κ2) is 5.66. The summed E-state index contributed by atoms with van der Waals surface area (Å²) >= 11 is 1.35. The number of aliphatic carboxylic acids is 1. The molecule has 0 aliphatic rings. The predicted molar refractivity (Wildman–Crippen MR) is 71.4 cm³/mol. The van der Waals surface area contributed by atoms with Gasteiger partial charge in [-0.25, -0.2) is 4.98 Å². The van der Waals surface area contributed by atoms with Crippen molar-refractivity contribution in [3.05, 3.63) is 40.4 Å². The zero-order chi connectivity index (χ0) is 13.8. The number of aromatic nitrogens is 1. The molecule has 6 nitrogen and oxygen atoms in total. The molecule has 1 aromatic carbocycles. The van der Waals surface area contributed by atoms with Crippen LogP contribution in [0, 0.1) is 10.1 Å². The van der Waals surface area contributed by atoms with Gasteiger partial charge in [-0.15, -0.1) is 11.8 Å². The normalized spacial score (nSPS) is 10.5. The minimum absolute atomic E-state index is 0.0283. The van der Waals surface area contributed by atoms with Crippen LogP contribution in [0.5, 0.6) is 0 Å². The van der Waals surface area contributed by atoms with Crippen molar-refractivity contribution in [2.45, 2.75) is 11.4 Å². The first kappa shape index (κ1) is 13.3. The van der Waals surface area contributed by atoms with Crippen molar-refractivity contribution in [2.75, 3.05) is 5.75 Å². The highest BCUT2D eigenvalue weighted by Gasteiger charge is 2.07. The average Bonchev–Trinajstić information content (AvgIpc) is 2.37. The van der Waals surface area contributed by atoms with Gasteiger partial charge in [0.05, 0.1) is 21.9 Å². The number of carboxylic acids is 1. The Bertz CT molecular complexity index is 645. The van der Waals surface area contributed by atoms with Gasteiger partial charge in [-0.3, -0.25) is 14.9 Å². The summed E-state index contributed by atoms with van der Waals surface area (Å²) in [5.41, 5.74) is 0.687. The van der Waals surface area contributed by atoms with E-state index < -0.39 is 10.9 Å². The summed E-state index contributed by atoms with van der Waals surface area (Å²) in [6, 6.07) is 7.95. The number of benzene rings is 1. The van der Waals surface area contributed by atoms with Gasteiger partial charge in [0.15, 0.2) is 0 Å². The molecule has 0 bridgehead atoms. The molecule has 0 radical (unpaired) electrons. The van der Waals surface area contributed by atoms with E-state index in [1.54, 1.807) is 18.2 Å². The number of rotatable bonds is 5. The molecule has 0 saturated heterocycles. The minimum atomic E-state index is -0.844. The number of hydrogen-bond acceptors (Lipinski definition) is 5. The van der Waals surface area contributed by atoms with Crippen LogP contribution in [-0.2, 0) is 4.79 Å². The van der Waals surface area contributed by atoms with E-state index in [-0.39, 0.29) is 12.1 Å². The van der Waals surface area contributed by atoms with E-state index in [0.717, 1.165) is 0 Å². The SMILES string of the molecule is O=C(O)CCSc1ccc2cc([N+](=O)[O-])ccc2n1. The van der Waals surface area contributed by atoms with E-state index >= 15 is 0 Å². The topological polar surface area (TPSA) is 93.3 Å². The van der Waals surface area contributed by atoms with Crippen molar-refractivity contribution in [2.24, 2.45) is 0 Å². The number of thioether (sulfide) groups is 1. The molecule has 19 heavy (non-hydrogen) atoms. The van der Waals surface area contributed by atoms with E-state index in [1.807, 2.05) is 0 Å². The maximum Gasteiger partial charge on any atom is 0.304 e. The highest BCUT2D eigenvalue weighted by Crippen LogP contribution is 2.23. The van der Waals surface area contributed by atoms with E-state index in [4.69, 9.17) is 5.11 Å². The number of non-ortho nitro benzene ring substituents is 1. The third-order valence-corrected chi connectivity index (χ3v) is 3.36. The molecule has 2 aromatic rings. The van der Waals surface area contributed by atoms with Gasteiger partial charge in [-0.05, 0) is 18.2 Å². The smallest absolute Gasteiger partial charge is 0.304 e. The zero-order valence-corrected chi connectivity index (χ0v) is 10.6. The van der Waals surface area contributed by atoms with E-state index in [0.29, 0.717) is 21.7 Å². The molecule has 7 heteroatoms. The molecule has 0 aliphatic carbocycles. The van der Waals surface area contributed by atoms with Crippen molar-refractivity contribution in [1.82, 2.24) is 4.98 Å². The Balaban J connectivity index is 2.19. The second-order valence-corrected chi connectivity index (χ2v) is 4.89. The average molecular weight is 278 g/mol. The van der Waals surface area contributed by atoms with Crippen LogP contribution < -0.4 is 0 Å². The fraction of sp³-hybridized carbons (Fsp3) is 0.167. The standard InChI is InChI=1S/C12H10N2O4S/c15-12(16)5-6-19-11-4-1-8-7-9(14(17)18)2-3-10(8)13-11/h1-4,7H,5-6H2,(H,15,16). The number of nitrogens with zero attached hydrogens (tertiary/aromatic N) is 2. The summed E-state index contributed by atoms with van der Waals surface area (Å²) in [5.74, 6) is -0.398. The Hall–Kier alpha value is -2.15. The highest BCUT2D eigenvalue weighted by atomic mass is 32.2. The Labute approximate surface area is 112 Å².